The first-order valence-electron chi connectivity index (χ1n) is 3.91. The normalized spacial score (nSPS) is 10.3. The molecule has 0 aromatic heterocycles. The Balaban J connectivity index is 2.73. The zero-order valence-corrected chi connectivity index (χ0v) is 7.24. The molecule has 0 atom stereocenters. The Morgan fingerprint density at radius 2 is 1.93 bits per heavy atom. The van der Waals surface area contributed by atoms with Gasteiger partial charge in [0.2, 0.25) is 0 Å². The van der Waals surface area contributed by atoms with Gasteiger partial charge in [-0.05, 0) is 24.3 Å². The van der Waals surface area contributed by atoms with Crippen molar-refractivity contribution in [3.05, 3.63) is 29.8 Å². The van der Waals surface area contributed by atoms with Crippen LogP contribution in [0.15, 0.2) is 24.3 Å². The van der Waals surface area contributed by atoms with Gasteiger partial charge in [-0.25, -0.2) is 0 Å². The molecule has 0 aliphatic rings. The van der Waals surface area contributed by atoms with E-state index in [1.54, 1.807) is 0 Å². The average Bonchev–Trinajstić information content (AvgIpc) is 2.17. The molecule has 1 aromatic rings. The van der Waals surface area contributed by atoms with E-state index >= 15 is 0 Å². The van der Waals surface area contributed by atoms with E-state index in [1.807, 2.05) is 0 Å². The second kappa shape index (κ2) is 4.66. The molecule has 1 aromatic carbocycles. The molecule has 14 heavy (non-hydrogen) atoms. The van der Waals surface area contributed by atoms with Gasteiger partial charge >= 0.3 is 6.61 Å². The van der Waals surface area contributed by atoms with Gasteiger partial charge in [-0.2, -0.15) is 8.78 Å². The van der Waals surface area contributed by atoms with Gasteiger partial charge in [-0.3, -0.25) is 4.79 Å². The van der Waals surface area contributed by atoms with E-state index in [0.717, 1.165) is 0 Å². The molecule has 0 aliphatic carbocycles. The van der Waals surface area contributed by atoms with Crippen molar-refractivity contribution in [3.8, 4) is 5.75 Å². The number of halogens is 2. The lowest BCUT2D eigenvalue weighted by molar-refractivity contribution is -0.0498. The molecule has 0 radical (unpaired) electrons. The summed E-state index contributed by atoms with van der Waals surface area (Å²) >= 11 is 0. The predicted molar refractivity (Wildman–Crippen MR) is 46.5 cm³/mol. The summed E-state index contributed by atoms with van der Waals surface area (Å²) in [5, 5.41) is 0. The summed E-state index contributed by atoms with van der Waals surface area (Å²) in [7, 11) is 0. The molecule has 0 saturated carbocycles. The molecular formula is C9H9F2NO2. The molecule has 0 bridgehead atoms. The molecule has 76 valence electrons. The lowest BCUT2D eigenvalue weighted by Crippen LogP contribution is -2.13. The summed E-state index contributed by atoms with van der Waals surface area (Å²) in [5.74, 6) is -0.220. The van der Waals surface area contributed by atoms with Crippen LogP contribution < -0.4 is 10.5 Å². The summed E-state index contributed by atoms with van der Waals surface area (Å²) in [6.07, 6.45) is 0. The summed E-state index contributed by atoms with van der Waals surface area (Å²) in [4.78, 5) is 11.0. The quantitative estimate of drug-likeness (QED) is 0.749. The molecule has 0 unspecified atom stereocenters. The van der Waals surface area contributed by atoms with E-state index in [-0.39, 0.29) is 18.1 Å². The van der Waals surface area contributed by atoms with Crippen LogP contribution in [0.2, 0.25) is 0 Å². The number of carbonyl (C=O) groups excluding carboxylic acids is 1. The third kappa shape index (κ3) is 2.77. The van der Waals surface area contributed by atoms with Crippen LogP contribution >= 0.6 is 0 Å². The standard InChI is InChI=1S/C9H9F2NO2/c10-9(11)14-7-3-1-6(2-4-7)8(13)5-12/h1-4,9H,5,12H2. The fourth-order valence-corrected chi connectivity index (χ4v) is 0.940. The van der Waals surface area contributed by atoms with Crippen LogP contribution in [0, 0.1) is 0 Å². The maximum atomic E-state index is 11.7. The van der Waals surface area contributed by atoms with Gasteiger partial charge in [-0.1, -0.05) is 0 Å². The highest BCUT2D eigenvalue weighted by molar-refractivity contribution is 5.97. The highest BCUT2D eigenvalue weighted by atomic mass is 19.3. The lowest BCUT2D eigenvalue weighted by atomic mass is 10.1. The Labute approximate surface area is 79.5 Å². The first-order chi connectivity index (χ1) is 6.63. The maximum absolute atomic E-state index is 11.7. The molecule has 0 aliphatic heterocycles. The number of nitrogens with two attached hydrogens (primary N) is 1. The number of hydrogen-bond donors (Lipinski definition) is 1. The SMILES string of the molecule is NCC(=O)c1ccc(OC(F)F)cc1. The number of alkyl halides is 2. The second-order valence-electron chi connectivity index (χ2n) is 2.53. The van der Waals surface area contributed by atoms with Crippen LogP contribution in [0.5, 0.6) is 5.75 Å². The van der Waals surface area contributed by atoms with E-state index < -0.39 is 6.61 Å². The van der Waals surface area contributed by atoms with E-state index in [0.29, 0.717) is 5.56 Å². The Hall–Kier alpha value is -1.49. The summed E-state index contributed by atoms with van der Waals surface area (Å²) in [6.45, 7) is -2.96. The summed E-state index contributed by atoms with van der Waals surface area (Å²) in [6, 6.07) is 5.39. The second-order valence-corrected chi connectivity index (χ2v) is 2.53. The monoisotopic (exact) mass is 201 g/mol. The highest BCUT2D eigenvalue weighted by Crippen LogP contribution is 2.14. The van der Waals surface area contributed by atoms with Gasteiger partial charge < -0.3 is 10.5 Å². The van der Waals surface area contributed by atoms with Crippen LogP contribution in [0.25, 0.3) is 0 Å². The largest absolute Gasteiger partial charge is 0.435 e. The smallest absolute Gasteiger partial charge is 0.387 e. The minimum atomic E-state index is -2.86. The molecule has 5 heteroatoms. The van der Waals surface area contributed by atoms with Gasteiger partial charge in [0.1, 0.15) is 5.75 Å². The molecule has 3 nitrogen and oxygen atoms in total. The first kappa shape index (κ1) is 10.6. The fraction of sp³-hybridized carbons (Fsp3) is 0.222. The van der Waals surface area contributed by atoms with Crippen LogP contribution in [0.3, 0.4) is 0 Å². The van der Waals surface area contributed by atoms with Crippen molar-refractivity contribution in [1.29, 1.82) is 0 Å². The summed E-state index contributed by atoms with van der Waals surface area (Å²) < 4.78 is 27.6. The molecule has 2 N–H and O–H groups in total. The first-order valence-corrected chi connectivity index (χ1v) is 3.91. The Bertz CT molecular complexity index is 311. The van der Waals surface area contributed by atoms with Crippen molar-refractivity contribution in [1.82, 2.24) is 0 Å². The zero-order chi connectivity index (χ0) is 10.6. The topological polar surface area (TPSA) is 52.3 Å². The molecule has 0 amide bonds. The van der Waals surface area contributed by atoms with Gasteiger partial charge in [0.25, 0.3) is 0 Å². The molecule has 0 saturated heterocycles. The van der Waals surface area contributed by atoms with Crippen molar-refractivity contribution in [2.24, 2.45) is 5.73 Å². The van der Waals surface area contributed by atoms with Crippen LogP contribution in [-0.4, -0.2) is 18.9 Å². The van der Waals surface area contributed by atoms with Crippen LogP contribution in [-0.2, 0) is 0 Å². The number of Topliss-reactive ketones (excluding diaryl/α,β-unsaturated/α-hetero) is 1. The number of benzene rings is 1. The third-order valence-corrected chi connectivity index (χ3v) is 1.59. The van der Waals surface area contributed by atoms with Gasteiger partial charge in [0.05, 0.1) is 6.54 Å². The molecule has 1 rings (SSSR count). The molecule has 0 fully saturated rings. The van der Waals surface area contributed by atoms with Crippen molar-refractivity contribution in [3.63, 3.8) is 0 Å². The van der Waals surface area contributed by atoms with Crippen molar-refractivity contribution < 1.29 is 18.3 Å². The Morgan fingerprint density at radius 1 is 1.36 bits per heavy atom. The minimum Gasteiger partial charge on any atom is -0.435 e. The fourth-order valence-electron chi connectivity index (χ4n) is 0.940. The maximum Gasteiger partial charge on any atom is 0.387 e. The van der Waals surface area contributed by atoms with E-state index in [9.17, 15) is 13.6 Å². The zero-order valence-electron chi connectivity index (χ0n) is 7.24. The number of hydrogen-bond acceptors (Lipinski definition) is 3. The average molecular weight is 201 g/mol. The predicted octanol–water partition coefficient (Wildman–Crippen LogP) is 1.43. The van der Waals surface area contributed by atoms with Gasteiger partial charge in [-0.15, -0.1) is 0 Å². The number of ketones is 1. The number of ether oxygens (including phenoxy) is 1. The molecule has 0 heterocycles. The Kier molecular flexibility index (Phi) is 3.53. The van der Waals surface area contributed by atoms with E-state index in [2.05, 4.69) is 4.74 Å². The summed E-state index contributed by atoms with van der Waals surface area (Å²) in [5.41, 5.74) is 5.51. The lowest BCUT2D eigenvalue weighted by Gasteiger charge is -2.04. The molecule has 0 spiro atoms. The minimum absolute atomic E-state index is 0.0218. The number of rotatable bonds is 4. The molecular weight excluding hydrogens is 192 g/mol. The Morgan fingerprint density at radius 3 is 2.36 bits per heavy atom. The van der Waals surface area contributed by atoms with Gasteiger partial charge in [0, 0.05) is 5.56 Å². The van der Waals surface area contributed by atoms with Crippen LogP contribution in [0.4, 0.5) is 8.78 Å². The van der Waals surface area contributed by atoms with Crippen LogP contribution in [0.1, 0.15) is 10.4 Å². The van der Waals surface area contributed by atoms with Crippen molar-refractivity contribution >= 4 is 5.78 Å². The van der Waals surface area contributed by atoms with Crippen molar-refractivity contribution in [2.75, 3.05) is 6.54 Å². The number of carbonyl (C=O) groups is 1. The van der Waals surface area contributed by atoms with Gasteiger partial charge in [0.15, 0.2) is 5.78 Å². The third-order valence-electron chi connectivity index (χ3n) is 1.59. The highest BCUT2D eigenvalue weighted by Gasteiger charge is 2.06. The van der Waals surface area contributed by atoms with E-state index in [4.69, 9.17) is 5.73 Å². The van der Waals surface area contributed by atoms with E-state index in [1.165, 1.54) is 24.3 Å². The van der Waals surface area contributed by atoms with Crippen molar-refractivity contribution in [2.45, 2.75) is 6.61 Å².